The molecular formula is C12H20N2O2. The van der Waals surface area contributed by atoms with E-state index in [-0.39, 0.29) is 6.04 Å². The van der Waals surface area contributed by atoms with Gasteiger partial charge in [-0.3, -0.25) is 0 Å². The molecule has 1 aromatic carbocycles. The van der Waals surface area contributed by atoms with Crippen molar-refractivity contribution in [3.8, 4) is 11.5 Å². The first-order valence-corrected chi connectivity index (χ1v) is 5.20. The smallest absolute Gasteiger partial charge is 0.142 e. The molecule has 1 aromatic rings. The summed E-state index contributed by atoms with van der Waals surface area (Å²) in [6.45, 7) is 1.92. The molecule has 0 aromatic heterocycles. The van der Waals surface area contributed by atoms with Crippen molar-refractivity contribution in [2.45, 2.75) is 13.0 Å². The number of hydrogen-bond donors (Lipinski definition) is 1. The Bertz CT molecular complexity index is 327. The Morgan fingerprint density at radius 1 is 1.12 bits per heavy atom. The lowest BCUT2D eigenvalue weighted by Crippen LogP contribution is -2.13. The highest BCUT2D eigenvalue weighted by atomic mass is 16.5. The van der Waals surface area contributed by atoms with Gasteiger partial charge in [0.2, 0.25) is 0 Å². The molecule has 1 rings (SSSR count). The van der Waals surface area contributed by atoms with Crippen LogP contribution in [0, 0.1) is 0 Å². The second-order valence-electron chi connectivity index (χ2n) is 3.95. The van der Waals surface area contributed by atoms with Crippen LogP contribution in [-0.4, -0.2) is 28.3 Å². The quantitative estimate of drug-likeness (QED) is 0.847. The zero-order chi connectivity index (χ0) is 12.3. The molecule has 0 amide bonds. The van der Waals surface area contributed by atoms with Crippen molar-refractivity contribution in [3.63, 3.8) is 0 Å². The number of nitrogens with zero attached hydrogens (tertiary/aromatic N) is 1. The van der Waals surface area contributed by atoms with Gasteiger partial charge in [-0.25, -0.2) is 0 Å². The summed E-state index contributed by atoms with van der Waals surface area (Å²) in [5, 5.41) is 0. The summed E-state index contributed by atoms with van der Waals surface area (Å²) < 4.78 is 10.7. The highest BCUT2D eigenvalue weighted by Gasteiger charge is 2.14. The number of rotatable bonds is 4. The van der Waals surface area contributed by atoms with Gasteiger partial charge in [0.25, 0.3) is 0 Å². The number of nitrogens with two attached hydrogens (primary N) is 1. The highest BCUT2D eigenvalue weighted by molar-refractivity contribution is 5.63. The molecule has 4 nitrogen and oxygen atoms in total. The van der Waals surface area contributed by atoms with E-state index in [2.05, 4.69) is 0 Å². The summed E-state index contributed by atoms with van der Waals surface area (Å²) in [5.74, 6) is 1.60. The van der Waals surface area contributed by atoms with E-state index in [1.54, 1.807) is 14.2 Å². The van der Waals surface area contributed by atoms with Crippen LogP contribution in [0.5, 0.6) is 11.5 Å². The summed E-state index contributed by atoms with van der Waals surface area (Å²) in [6.07, 6.45) is 0. The average molecular weight is 224 g/mol. The molecule has 0 bridgehead atoms. The summed E-state index contributed by atoms with van der Waals surface area (Å²) in [7, 11) is 7.22. The zero-order valence-corrected chi connectivity index (χ0v) is 10.6. The first-order chi connectivity index (χ1) is 7.51. The van der Waals surface area contributed by atoms with E-state index in [4.69, 9.17) is 15.2 Å². The molecule has 0 heterocycles. The lowest BCUT2D eigenvalue weighted by molar-refractivity contribution is 0.397. The Morgan fingerprint density at radius 2 is 1.69 bits per heavy atom. The maximum Gasteiger partial charge on any atom is 0.142 e. The van der Waals surface area contributed by atoms with Gasteiger partial charge in [0.1, 0.15) is 11.5 Å². The topological polar surface area (TPSA) is 47.7 Å². The van der Waals surface area contributed by atoms with Crippen molar-refractivity contribution in [2.75, 3.05) is 33.2 Å². The van der Waals surface area contributed by atoms with Crippen molar-refractivity contribution in [1.29, 1.82) is 0 Å². The minimum atomic E-state index is -0.0833. The molecule has 16 heavy (non-hydrogen) atoms. The fourth-order valence-corrected chi connectivity index (χ4v) is 1.61. The number of benzene rings is 1. The van der Waals surface area contributed by atoms with E-state index in [1.807, 2.05) is 38.1 Å². The SMILES string of the molecule is COc1cc(N(C)C)c(OC)cc1C(C)N. The summed E-state index contributed by atoms with van der Waals surface area (Å²) in [5.41, 5.74) is 7.82. The highest BCUT2D eigenvalue weighted by Crippen LogP contribution is 2.36. The van der Waals surface area contributed by atoms with Gasteiger partial charge in [-0.05, 0) is 13.0 Å². The number of hydrogen-bond acceptors (Lipinski definition) is 4. The standard InChI is InChI=1S/C12H20N2O2/c1-8(13)9-6-12(16-5)10(14(2)3)7-11(9)15-4/h6-8H,13H2,1-5H3. The van der Waals surface area contributed by atoms with Crippen molar-refractivity contribution < 1.29 is 9.47 Å². The third-order valence-electron chi connectivity index (χ3n) is 2.50. The molecule has 1 atom stereocenters. The Labute approximate surface area is 96.9 Å². The zero-order valence-electron chi connectivity index (χ0n) is 10.6. The number of anilines is 1. The molecule has 0 radical (unpaired) electrons. The van der Waals surface area contributed by atoms with Crippen LogP contribution in [0.25, 0.3) is 0 Å². The van der Waals surface area contributed by atoms with Crippen LogP contribution in [0.2, 0.25) is 0 Å². The maximum absolute atomic E-state index is 5.89. The first-order valence-electron chi connectivity index (χ1n) is 5.20. The van der Waals surface area contributed by atoms with E-state index in [9.17, 15) is 0 Å². The third kappa shape index (κ3) is 2.39. The van der Waals surface area contributed by atoms with E-state index in [0.29, 0.717) is 0 Å². The Morgan fingerprint density at radius 3 is 2.06 bits per heavy atom. The fourth-order valence-electron chi connectivity index (χ4n) is 1.61. The van der Waals surface area contributed by atoms with Crippen molar-refractivity contribution in [2.24, 2.45) is 5.73 Å². The van der Waals surface area contributed by atoms with Crippen LogP contribution < -0.4 is 20.1 Å². The lowest BCUT2D eigenvalue weighted by Gasteiger charge is -2.21. The van der Waals surface area contributed by atoms with Crippen molar-refractivity contribution in [1.82, 2.24) is 0 Å². The minimum Gasteiger partial charge on any atom is -0.496 e. The molecule has 4 heteroatoms. The van der Waals surface area contributed by atoms with E-state index < -0.39 is 0 Å². The normalized spacial score (nSPS) is 12.1. The second kappa shape index (κ2) is 5.07. The molecule has 0 spiro atoms. The van der Waals surface area contributed by atoms with Crippen LogP contribution in [0.4, 0.5) is 5.69 Å². The Kier molecular flexibility index (Phi) is 4.01. The molecule has 0 aliphatic carbocycles. The van der Waals surface area contributed by atoms with E-state index in [0.717, 1.165) is 22.7 Å². The van der Waals surface area contributed by atoms with Gasteiger partial charge in [0.15, 0.2) is 0 Å². The van der Waals surface area contributed by atoms with Gasteiger partial charge < -0.3 is 20.1 Å². The largest absolute Gasteiger partial charge is 0.496 e. The van der Waals surface area contributed by atoms with Crippen molar-refractivity contribution in [3.05, 3.63) is 17.7 Å². The van der Waals surface area contributed by atoms with Crippen LogP contribution in [0.1, 0.15) is 18.5 Å². The summed E-state index contributed by atoms with van der Waals surface area (Å²) in [4.78, 5) is 1.98. The van der Waals surface area contributed by atoms with Gasteiger partial charge in [-0.2, -0.15) is 0 Å². The van der Waals surface area contributed by atoms with Gasteiger partial charge in [-0.1, -0.05) is 0 Å². The van der Waals surface area contributed by atoms with Gasteiger partial charge in [0.05, 0.1) is 19.9 Å². The Balaban J connectivity index is 3.34. The van der Waals surface area contributed by atoms with Gasteiger partial charge >= 0.3 is 0 Å². The number of methoxy groups -OCH3 is 2. The molecule has 0 saturated carbocycles. The fraction of sp³-hybridized carbons (Fsp3) is 0.500. The summed E-state index contributed by atoms with van der Waals surface area (Å²) >= 11 is 0. The second-order valence-corrected chi connectivity index (χ2v) is 3.95. The maximum atomic E-state index is 5.89. The minimum absolute atomic E-state index is 0.0833. The van der Waals surface area contributed by atoms with Gasteiger partial charge in [0, 0.05) is 31.8 Å². The molecule has 0 aliphatic rings. The molecule has 0 saturated heterocycles. The van der Waals surface area contributed by atoms with Crippen molar-refractivity contribution >= 4 is 5.69 Å². The Hall–Kier alpha value is -1.42. The molecule has 2 N–H and O–H groups in total. The molecule has 1 unspecified atom stereocenters. The molecule has 0 aliphatic heterocycles. The molecular weight excluding hydrogens is 204 g/mol. The first kappa shape index (κ1) is 12.6. The van der Waals surface area contributed by atoms with E-state index >= 15 is 0 Å². The number of ether oxygens (including phenoxy) is 2. The third-order valence-corrected chi connectivity index (χ3v) is 2.50. The van der Waals surface area contributed by atoms with Crippen LogP contribution in [0.15, 0.2) is 12.1 Å². The predicted octanol–water partition coefficient (Wildman–Crippen LogP) is 1.79. The lowest BCUT2D eigenvalue weighted by atomic mass is 10.1. The predicted molar refractivity (Wildman–Crippen MR) is 66.5 cm³/mol. The van der Waals surface area contributed by atoms with Crippen LogP contribution >= 0.6 is 0 Å². The average Bonchev–Trinajstić information content (AvgIpc) is 2.26. The monoisotopic (exact) mass is 224 g/mol. The van der Waals surface area contributed by atoms with Gasteiger partial charge in [-0.15, -0.1) is 0 Å². The summed E-state index contributed by atoms with van der Waals surface area (Å²) in [6, 6.07) is 3.79. The molecule has 0 fully saturated rings. The van der Waals surface area contributed by atoms with Crippen LogP contribution in [-0.2, 0) is 0 Å². The molecule has 90 valence electrons. The van der Waals surface area contributed by atoms with E-state index in [1.165, 1.54) is 0 Å². The van der Waals surface area contributed by atoms with Crippen LogP contribution in [0.3, 0.4) is 0 Å².